The first-order valence-electron chi connectivity index (χ1n) is 4.85. The van der Waals surface area contributed by atoms with Crippen molar-refractivity contribution in [1.29, 1.82) is 0 Å². The molecule has 5 heteroatoms. The average molecular weight is 242 g/mol. The maximum absolute atomic E-state index is 11.0. The van der Waals surface area contributed by atoms with E-state index < -0.39 is 21.7 Å². The van der Waals surface area contributed by atoms with Crippen LogP contribution >= 0.6 is 0 Å². The van der Waals surface area contributed by atoms with Crippen molar-refractivity contribution in [1.82, 2.24) is 0 Å². The van der Waals surface area contributed by atoms with Crippen molar-refractivity contribution < 1.29 is 18.3 Å². The largest absolute Gasteiger partial charge is 0.481 e. The molecule has 0 aliphatic carbocycles. The van der Waals surface area contributed by atoms with Gasteiger partial charge in [-0.15, -0.1) is 0 Å². The van der Waals surface area contributed by atoms with E-state index >= 15 is 0 Å². The summed E-state index contributed by atoms with van der Waals surface area (Å²) < 4.78 is 22.0. The van der Waals surface area contributed by atoms with Crippen LogP contribution in [-0.2, 0) is 14.6 Å². The van der Waals surface area contributed by atoms with E-state index in [4.69, 9.17) is 5.11 Å². The molecule has 0 aliphatic rings. The fourth-order valence-corrected chi connectivity index (χ4v) is 2.11. The van der Waals surface area contributed by atoms with Crippen LogP contribution in [0.3, 0.4) is 0 Å². The highest BCUT2D eigenvalue weighted by Crippen LogP contribution is 2.20. The number of benzene rings is 1. The quantitative estimate of drug-likeness (QED) is 0.844. The Labute approximate surface area is 94.8 Å². The van der Waals surface area contributed by atoms with Crippen molar-refractivity contribution in [2.45, 2.75) is 12.3 Å². The van der Waals surface area contributed by atoms with E-state index in [9.17, 15) is 13.2 Å². The molecule has 0 bridgehead atoms. The standard InChI is InChI=1S/C11H14O4S/c1-16(14,15)8-7-10(11(12)13)9-5-3-2-4-6-9/h2-6,10H,7-8H2,1H3,(H,12,13)/t10-/m0/s1. The Kier molecular flexibility index (Phi) is 4.06. The molecule has 0 spiro atoms. The topological polar surface area (TPSA) is 71.4 Å². The third-order valence-electron chi connectivity index (χ3n) is 2.28. The van der Waals surface area contributed by atoms with E-state index in [0.717, 1.165) is 6.26 Å². The number of sulfone groups is 1. The van der Waals surface area contributed by atoms with Gasteiger partial charge in [-0.3, -0.25) is 4.79 Å². The summed E-state index contributed by atoms with van der Waals surface area (Å²) >= 11 is 0. The predicted molar refractivity (Wildman–Crippen MR) is 61.1 cm³/mol. The number of aliphatic carboxylic acids is 1. The number of carboxylic acid groups (broad SMARTS) is 1. The molecule has 0 amide bonds. The van der Waals surface area contributed by atoms with Gasteiger partial charge in [-0.05, 0) is 12.0 Å². The summed E-state index contributed by atoms with van der Waals surface area (Å²) in [5.74, 6) is -1.86. The summed E-state index contributed by atoms with van der Waals surface area (Å²) in [6, 6.07) is 8.67. The van der Waals surface area contributed by atoms with Gasteiger partial charge in [0.15, 0.2) is 0 Å². The molecule has 4 nitrogen and oxygen atoms in total. The van der Waals surface area contributed by atoms with E-state index in [2.05, 4.69) is 0 Å². The number of carbonyl (C=O) groups is 1. The lowest BCUT2D eigenvalue weighted by Gasteiger charge is -2.11. The molecule has 0 heterocycles. The molecule has 0 unspecified atom stereocenters. The van der Waals surface area contributed by atoms with Gasteiger partial charge in [-0.2, -0.15) is 0 Å². The molecule has 16 heavy (non-hydrogen) atoms. The molecule has 1 rings (SSSR count). The van der Waals surface area contributed by atoms with Gasteiger partial charge >= 0.3 is 5.97 Å². The number of hydrogen-bond donors (Lipinski definition) is 1. The fraction of sp³-hybridized carbons (Fsp3) is 0.364. The molecule has 0 aromatic heterocycles. The fourth-order valence-electron chi connectivity index (χ4n) is 1.45. The third-order valence-corrected chi connectivity index (χ3v) is 3.25. The minimum atomic E-state index is -3.12. The van der Waals surface area contributed by atoms with Crippen molar-refractivity contribution in [3.63, 3.8) is 0 Å². The minimum Gasteiger partial charge on any atom is -0.481 e. The van der Waals surface area contributed by atoms with Gasteiger partial charge in [0.25, 0.3) is 0 Å². The van der Waals surface area contributed by atoms with Crippen LogP contribution in [0.25, 0.3) is 0 Å². The normalized spacial score (nSPS) is 13.3. The maximum Gasteiger partial charge on any atom is 0.311 e. The van der Waals surface area contributed by atoms with Gasteiger partial charge in [-0.1, -0.05) is 30.3 Å². The van der Waals surface area contributed by atoms with Crippen LogP contribution in [0.15, 0.2) is 30.3 Å². The van der Waals surface area contributed by atoms with Gasteiger partial charge < -0.3 is 5.11 Å². The minimum absolute atomic E-state index is 0.109. The predicted octanol–water partition coefficient (Wildman–Crippen LogP) is 1.29. The number of rotatable bonds is 5. The van der Waals surface area contributed by atoms with Gasteiger partial charge in [0.1, 0.15) is 9.84 Å². The lowest BCUT2D eigenvalue weighted by molar-refractivity contribution is -0.138. The van der Waals surface area contributed by atoms with Crippen molar-refractivity contribution in [2.24, 2.45) is 0 Å². The zero-order chi connectivity index (χ0) is 12.2. The Balaban J connectivity index is 2.81. The zero-order valence-corrected chi connectivity index (χ0v) is 9.78. The highest BCUT2D eigenvalue weighted by Gasteiger charge is 2.21. The molecule has 0 radical (unpaired) electrons. The van der Waals surface area contributed by atoms with Crippen LogP contribution in [0, 0.1) is 0 Å². The molecule has 0 fully saturated rings. The van der Waals surface area contributed by atoms with Crippen molar-refractivity contribution >= 4 is 15.8 Å². The summed E-state index contributed by atoms with van der Waals surface area (Å²) in [6.45, 7) is 0. The van der Waals surface area contributed by atoms with Crippen LogP contribution < -0.4 is 0 Å². The lowest BCUT2D eigenvalue weighted by Crippen LogP contribution is -2.16. The first-order valence-corrected chi connectivity index (χ1v) is 6.91. The Morgan fingerprint density at radius 1 is 1.31 bits per heavy atom. The van der Waals surface area contributed by atoms with Crippen LogP contribution in [0.2, 0.25) is 0 Å². The maximum atomic E-state index is 11.0. The highest BCUT2D eigenvalue weighted by atomic mass is 32.2. The van der Waals surface area contributed by atoms with E-state index in [0.29, 0.717) is 5.56 Å². The molecular formula is C11H14O4S. The molecular weight excluding hydrogens is 228 g/mol. The molecule has 0 saturated heterocycles. The third kappa shape index (κ3) is 4.02. The second-order valence-electron chi connectivity index (χ2n) is 3.72. The molecule has 1 aromatic carbocycles. The van der Waals surface area contributed by atoms with E-state index in [1.807, 2.05) is 0 Å². The van der Waals surface area contributed by atoms with E-state index in [-0.39, 0.29) is 12.2 Å². The molecule has 1 N–H and O–H groups in total. The molecule has 0 saturated carbocycles. The van der Waals surface area contributed by atoms with E-state index in [1.54, 1.807) is 30.3 Å². The summed E-state index contributed by atoms with van der Waals surface area (Å²) in [4.78, 5) is 11.0. The van der Waals surface area contributed by atoms with Gasteiger partial charge in [-0.25, -0.2) is 8.42 Å². The summed E-state index contributed by atoms with van der Waals surface area (Å²) in [5.41, 5.74) is 0.638. The first-order chi connectivity index (χ1) is 7.40. The highest BCUT2D eigenvalue weighted by molar-refractivity contribution is 7.90. The Morgan fingerprint density at radius 2 is 1.88 bits per heavy atom. The first kappa shape index (κ1) is 12.7. The summed E-state index contributed by atoms with van der Waals surface area (Å²) in [6.07, 6.45) is 1.22. The second-order valence-corrected chi connectivity index (χ2v) is 5.98. The van der Waals surface area contributed by atoms with Gasteiger partial charge in [0.2, 0.25) is 0 Å². The average Bonchev–Trinajstić information content (AvgIpc) is 2.17. The van der Waals surface area contributed by atoms with Crippen molar-refractivity contribution in [2.75, 3.05) is 12.0 Å². The molecule has 88 valence electrons. The van der Waals surface area contributed by atoms with Crippen LogP contribution in [0.4, 0.5) is 0 Å². The Bertz CT molecular complexity index is 450. The molecule has 0 aliphatic heterocycles. The monoisotopic (exact) mass is 242 g/mol. The molecule has 1 aromatic rings. The SMILES string of the molecule is CS(=O)(=O)CC[C@H](C(=O)O)c1ccccc1. The number of carboxylic acids is 1. The van der Waals surface area contributed by atoms with Crippen LogP contribution in [0.5, 0.6) is 0 Å². The van der Waals surface area contributed by atoms with Gasteiger partial charge in [0, 0.05) is 6.26 Å². The zero-order valence-electron chi connectivity index (χ0n) is 8.96. The lowest BCUT2D eigenvalue weighted by atomic mass is 9.97. The van der Waals surface area contributed by atoms with Gasteiger partial charge in [0.05, 0.1) is 11.7 Å². The Morgan fingerprint density at radius 3 is 2.31 bits per heavy atom. The summed E-state index contributed by atoms with van der Waals surface area (Å²) in [5, 5.41) is 9.03. The van der Waals surface area contributed by atoms with Crippen molar-refractivity contribution in [3.8, 4) is 0 Å². The second kappa shape index (κ2) is 5.12. The molecule has 1 atom stereocenters. The van der Waals surface area contributed by atoms with Crippen LogP contribution in [0.1, 0.15) is 17.9 Å². The van der Waals surface area contributed by atoms with Crippen molar-refractivity contribution in [3.05, 3.63) is 35.9 Å². The smallest absolute Gasteiger partial charge is 0.311 e. The van der Waals surface area contributed by atoms with Crippen LogP contribution in [-0.4, -0.2) is 31.5 Å². The Hall–Kier alpha value is -1.36. The number of hydrogen-bond acceptors (Lipinski definition) is 3. The van der Waals surface area contributed by atoms with E-state index in [1.165, 1.54) is 0 Å². The summed E-state index contributed by atoms with van der Waals surface area (Å²) in [7, 11) is -3.12.